The molecule has 3 atom stereocenters. The molecular weight excluding hydrogens is 268 g/mol. The molecule has 1 amide bonds. The van der Waals surface area contributed by atoms with Crippen molar-refractivity contribution in [1.82, 2.24) is 10.2 Å². The van der Waals surface area contributed by atoms with Crippen molar-refractivity contribution >= 4 is 17.2 Å². The van der Waals surface area contributed by atoms with E-state index in [9.17, 15) is 4.79 Å². The summed E-state index contributed by atoms with van der Waals surface area (Å²) in [5.41, 5.74) is 1.21. The van der Waals surface area contributed by atoms with Gasteiger partial charge in [0.2, 0.25) is 5.91 Å². The van der Waals surface area contributed by atoms with Gasteiger partial charge in [-0.15, -0.1) is 0 Å². The lowest BCUT2D eigenvalue weighted by Crippen LogP contribution is -2.39. The molecule has 1 saturated heterocycles. The maximum atomic E-state index is 12.7. The van der Waals surface area contributed by atoms with Gasteiger partial charge in [0, 0.05) is 6.04 Å². The molecule has 3 unspecified atom stereocenters. The molecule has 1 aliphatic heterocycles. The highest BCUT2D eigenvalue weighted by Gasteiger charge is 2.43. The summed E-state index contributed by atoms with van der Waals surface area (Å²) in [5, 5.41) is 7.75. The van der Waals surface area contributed by atoms with Crippen molar-refractivity contribution in [3.63, 3.8) is 0 Å². The molecule has 1 N–H and O–H groups in total. The number of carbonyl (C=O) groups is 1. The summed E-state index contributed by atoms with van der Waals surface area (Å²) in [6.07, 6.45) is 1.08. The van der Waals surface area contributed by atoms with Crippen molar-refractivity contribution < 1.29 is 4.79 Å². The number of hydrogen-bond acceptors (Lipinski definition) is 3. The van der Waals surface area contributed by atoms with Crippen molar-refractivity contribution in [2.75, 3.05) is 0 Å². The van der Waals surface area contributed by atoms with E-state index in [2.05, 4.69) is 61.7 Å². The Balaban J connectivity index is 2.25. The Bertz CT molecular complexity index is 441. The first-order chi connectivity index (χ1) is 9.41. The Kier molecular flexibility index (Phi) is 4.86. The van der Waals surface area contributed by atoms with Gasteiger partial charge in [0.1, 0.15) is 6.17 Å². The highest BCUT2D eigenvalue weighted by molar-refractivity contribution is 7.07. The van der Waals surface area contributed by atoms with Crippen LogP contribution in [-0.4, -0.2) is 22.9 Å². The van der Waals surface area contributed by atoms with Gasteiger partial charge in [-0.2, -0.15) is 11.3 Å². The third kappa shape index (κ3) is 3.07. The highest BCUT2D eigenvalue weighted by atomic mass is 32.1. The second kappa shape index (κ2) is 6.27. The summed E-state index contributed by atoms with van der Waals surface area (Å²) in [7, 11) is 0. The number of nitrogens with one attached hydrogen (secondary N) is 1. The van der Waals surface area contributed by atoms with Crippen molar-refractivity contribution in [2.24, 2.45) is 11.8 Å². The average molecular weight is 294 g/mol. The van der Waals surface area contributed by atoms with Crippen molar-refractivity contribution in [1.29, 1.82) is 0 Å². The van der Waals surface area contributed by atoms with Crippen molar-refractivity contribution in [3.8, 4) is 0 Å². The van der Waals surface area contributed by atoms with Gasteiger partial charge in [-0.1, -0.05) is 27.7 Å². The monoisotopic (exact) mass is 294 g/mol. The summed E-state index contributed by atoms with van der Waals surface area (Å²) < 4.78 is 0. The second-order valence-corrected chi connectivity index (χ2v) is 7.35. The summed E-state index contributed by atoms with van der Waals surface area (Å²) in [5.74, 6) is 1.17. The van der Waals surface area contributed by atoms with E-state index in [-0.39, 0.29) is 24.2 Å². The van der Waals surface area contributed by atoms with Gasteiger partial charge in [-0.05, 0) is 47.6 Å². The lowest BCUT2D eigenvalue weighted by Gasteiger charge is -2.31. The molecule has 20 heavy (non-hydrogen) atoms. The molecule has 0 bridgehead atoms. The van der Waals surface area contributed by atoms with Crippen LogP contribution < -0.4 is 5.32 Å². The van der Waals surface area contributed by atoms with Crippen LogP contribution in [0, 0.1) is 11.8 Å². The average Bonchev–Trinajstić information content (AvgIpc) is 2.94. The molecule has 1 aromatic rings. The molecule has 3 nitrogen and oxygen atoms in total. The number of nitrogens with zero attached hydrogens (tertiary/aromatic N) is 1. The molecule has 0 aliphatic carbocycles. The van der Waals surface area contributed by atoms with Crippen LogP contribution in [0.3, 0.4) is 0 Å². The van der Waals surface area contributed by atoms with Crippen LogP contribution in [0.5, 0.6) is 0 Å². The van der Waals surface area contributed by atoms with Gasteiger partial charge in [-0.3, -0.25) is 10.1 Å². The zero-order valence-corrected chi connectivity index (χ0v) is 13.9. The van der Waals surface area contributed by atoms with Gasteiger partial charge in [0.25, 0.3) is 0 Å². The van der Waals surface area contributed by atoms with Crippen molar-refractivity contribution in [2.45, 2.75) is 59.3 Å². The van der Waals surface area contributed by atoms with Crippen LogP contribution in [0.2, 0.25) is 0 Å². The molecule has 4 heteroatoms. The molecule has 0 saturated carbocycles. The third-order valence-corrected chi connectivity index (χ3v) is 4.65. The number of rotatable bonds is 5. The molecule has 0 aromatic carbocycles. The normalized spacial score (nSPS) is 24.9. The third-order valence-electron chi connectivity index (χ3n) is 3.95. The lowest BCUT2D eigenvalue weighted by atomic mass is 10.0. The van der Waals surface area contributed by atoms with E-state index < -0.39 is 0 Å². The Morgan fingerprint density at radius 1 is 1.30 bits per heavy atom. The van der Waals surface area contributed by atoms with Gasteiger partial charge in [0.05, 0.1) is 6.04 Å². The minimum atomic E-state index is -0.0606. The van der Waals surface area contributed by atoms with Crippen molar-refractivity contribution in [3.05, 3.63) is 22.4 Å². The van der Waals surface area contributed by atoms with Gasteiger partial charge in [0.15, 0.2) is 0 Å². The van der Waals surface area contributed by atoms with Crippen LogP contribution in [0.15, 0.2) is 16.8 Å². The quantitative estimate of drug-likeness (QED) is 0.899. The van der Waals surface area contributed by atoms with Gasteiger partial charge in [-0.25, -0.2) is 0 Å². The fourth-order valence-corrected chi connectivity index (χ4v) is 3.72. The van der Waals surface area contributed by atoms with E-state index in [1.54, 1.807) is 11.3 Å². The number of thiophene rings is 1. The maximum Gasteiger partial charge on any atom is 0.241 e. The molecule has 1 aromatic heterocycles. The predicted octanol–water partition coefficient (Wildman–Crippen LogP) is 3.64. The fourth-order valence-electron chi connectivity index (χ4n) is 3.04. The first-order valence-corrected chi connectivity index (χ1v) is 8.46. The van der Waals surface area contributed by atoms with Crippen LogP contribution >= 0.6 is 11.3 Å². The summed E-state index contributed by atoms with van der Waals surface area (Å²) in [6, 6.07) is 2.33. The van der Waals surface area contributed by atoms with Crippen LogP contribution in [-0.2, 0) is 4.79 Å². The number of carbonyl (C=O) groups excluding carboxylic acids is 1. The van der Waals surface area contributed by atoms with E-state index in [1.807, 2.05) is 0 Å². The Hall–Kier alpha value is -0.870. The molecule has 2 rings (SSSR count). The summed E-state index contributed by atoms with van der Waals surface area (Å²) >= 11 is 1.69. The topological polar surface area (TPSA) is 32.3 Å². The zero-order chi connectivity index (χ0) is 14.9. The molecule has 0 spiro atoms. The molecule has 1 aliphatic rings. The largest absolute Gasteiger partial charge is 0.319 e. The first kappa shape index (κ1) is 15.5. The van der Waals surface area contributed by atoms with Gasteiger partial charge >= 0.3 is 0 Å². The lowest BCUT2D eigenvalue weighted by molar-refractivity contribution is -0.133. The van der Waals surface area contributed by atoms with Crippen LogP contribution in [0.4, 0.5) is 0 Å². The summed E-state index contributed by atoms with van der Waals surface area (Å²) in [6.45, 7) is 10.8. The van der Waals surface area contributed by atoms with Crippen LogP contribution in [0.25, 0.3) is 0 Å². The van der Waals surface area contributed by atoms with Crippen LogP contribution in [0.1, 0.15) is 52.8 Å². The highest BCUT2D eigenvalue weighted by Crippen LogP contribution is 2.32. The van der Waals surface area contributed by atoms with E-state index in [1.165, 1.54) is 5.56 Å². The Labute approximate surface area is 126 Å². The second-order valence-electron chi connectivity index (χ2n) is 6.57. The Morgan fingerprint density at radius 3 is 2.50 bits per heavy atom. The Morgan fingerprint density at radius 2 is 2.00 bits per heavy atom. The summed E-state index contributed by atoms with van der Waals surface area (Å²) in [4.78, 5) is 14.8. The smallest absolute Gasteiger partial charge is 0.241 e. The minimum Gasteiger partial charge on any atom is -0.319 e. The first-order valence-electron chi connectivity index (χ1n) is 7.52. The maximum absolute atomic E-state index is 12.7. The molecule has 1 fully saturated rings. The standard InChI is InChI=1S/C16H26N2OS/c1-10(2)8-12(5)18-15(13-6-7-20-9-13)17-14(11(3)4)16(18)19/h6-7,9-12,14-15,17H,8H2,1-5H3. The van der Waals surface area contributed by atoms with E-state index in [0.717, 1.165) is 6.42 Å². The molecule has 112 valence electrons. The van der Waals surface area contributed by atoms with E-state index in [4.69, 9.17) is 0 Å². The van der Waals surface area contributed by atoms with Gasteiger partial charge < -0.3 is 4.90 Å². The predicted molar refractivity (Wildman–Crippen MR) is 84.6 cm³/mol. The molecule has 0 radical (unpaired) electrons. The minimum absolute atomic E-state index is 0.0369. The zero-order valence-electron chi connectivity index (χ0n) is 13.1. The number of hydrogen-bond donors (Lipinski definition) is 1. The SMILES string of the molecule is CC(C)CC(C)N1C(=O)C(C(C)C)NC1c1ccsc1. The van der Waals surface area contributed by atoms with E-state index >= 15 is 0 Å². The molecule has 2 heterocycles. The molecular formula is C16H26N2OS. The van der Waals surface area contributed by atoms with E-state index in [0.29, 0.717) is 11.8 Å². The fraction of sp³-hybridized carbons (Fsp3) is 0.688. The number of amides is 1.